The minimum Gasteiger partial charge on any atom is -0.444 e. The first-order chi connectivity index (χ1) is 9.88. The Labute approximate surface area is 125 Å². The SMILES string of the molecule is CC(C)(C)OC(=O)N1CCCCC1C(O)c1ccncc1. The van der Waals surface area contributed by atoms with E-state index >= 15 is 0 Å². The van der Waals surface area contributed by atoms with Crippen LogP contribution in [0.25, 0.3) is 0 Å². The van der Waals surface area contributed by atoms with Crippen LogP contribution in [-0.4, -0.2) is 39.3 Å². The average Bonchev–Trinajstić information content (AvgIpc) is 2.45. The van der Waals surface area contributed by atoms with Crippen LogP contribution in [0.5, 0.6) is 0 Å². The predicted octanol–water partition coefficient (Wildman–Crippen LogP) is 2.90. The number of hydrogen-bond acceptors (Lipinski definition) is 4. The molecule has 116 valence electrons. The number of aromatic nitrogens is 1. The van der Waals surface area contributed by atoms with E-state index in [1.807, 2.05) is 20.8 Å². The van der Waals surface area contributed by atoms with Crippen LogP contribution in [0.4, 0.5) is 4.79 Å². The lowest BCUT2D eigenvalue weighted by molar-refractivity contribution is -0.0169. The summed E-state index contributed by atoms with van der Waals surface area (Å²) in [6, 6.07) is 3.33. The number of carbonyl (C=O) groups excluding carboxylic acids is 1. The summed E-state index contributed by atoms with van der Waals surface area (Å²) in [5, 5.41) is 10.6. The highest BCUT2D eigenvalue weighted by Gasteiger charge is 2.35. The van der Waals surface area contributed by atoms with E-state index in [9.17, 15) is 9.90 Å². The molecule has 1 N–H and O–H groups in total. The number of aliphatic hydroxyl groups is 1. The van der Waals surface area contributed by atoms with Crippen LogP contribution in [0.1, 0.15) is 51.7 Å². The van der Waals surface area contributed by atoms with E-state index < -0.39 is 11.7 Å². The molecule has 2 unspecified atom stereocenters. The van der Waals surface area contributed by atoms with Gasteiger partial charge in [-0.15, -0.1) is 0 Å². The van der Waals surface area contributed by atoms with Crippen molar-refractivity contribution in [2.75, 3.05) is 6.54 Å². The van der Waals surface area contributed by atoms with Crippen molar-refractivity contribution in [3.8, 4) is 0 Å². The summed E-state index contributed by atoms with van der Waals surface area (Å²) in [7, 11) is 0. The number of amides is 1. The fourth-order valence-electron chi connectivity index (χ4n) is 2.62. The van der Waals surface area contributed by atoms with E-state index in [-0.39, 0.29) is 12.1 Å². The van der Waals surface area contributed by atoms with Crippen molar-refractivity contribution in [2.24, 2.45) is 0 Å². The number of pyridine rings is 1. The molecule has 0 radical (unpaired) electrons. The van der Waals surface area contributed by atoms with Crippen molar-refractivity contribution in [2.45, 2.75) is 57.8 Å². The normalized spacial score (nSPS) is 21.0. The third-order valence-corrected chi connectivity index (χ3v) is 3.59. The lowest BCUT2D eigenvalue weighted by Crippen LogP contribution is -2.48. The summed E-state index contributed by atoms with van der Waals surface area (Å²) in [5.74, 6) is 0. The van der Waals surface area contributed by atoms with Crippen molar-refractivity contribution < 1.29 is 14.6 Å². The highest BCUT2D eigenvalue weighted by atomic mass is 16.6. The third-order valence-electron chi connectivity index (χ3n) is 3.59. The van der Waals surface area contributed by atoms with Gasteiger partial charge in [-0.25, -0.2) is 4.79 Å². The Morgan fingerprint density at radius 2 is 2.05 bits per heavy atom. The maximum absolute atomic E-state index is 12.3. The lowest BCUT2D eigenvalue weighted by atomic mass is 9.94. The monoisotopic (exact) mass is 292 g/mol. The van der Waals surface area contributed by atoms with Crippen LogP contribution < -0.4 is 0 Å². The Bertz CT molecular complexity index is 470. The van der Waals surface area contributed by atoms with Crippen molar-refractivity contribution in [3.63, 3.8) is 0 Å². The number of likely N-dealkylation sites (tertiary alicyclic amines) is 1. The van der Waals surface area contributed by atoms with Crippen molar-refractivity contribution in [1.82, 2.24) is 9.88 Å². The summed E-state index contributed by atoms with van der Waals surface area (Å²) < 4.78 is 5.46. The van der Waals surface area contributed by atoms with E-state index in [0.717, 1.165) is 24.8 Å². The van der Waals surface area contributed by atoms with E-state index in [0.29, 0.717) is 6.54 Å². The van der Waals surface area contributed by atoms with Crippen LogP contribution in [0.2, 0.25) is 0 Å². The van der Waals surface area contributed by atoms with Crippen LogP contribution in [0.3, 0.4) is 0 Å². The maximum atomic E-state index is 12.3. The summed E-state index contributed by atoms with van der Waals surface area (Å²) in [5.41, 5.74) is 0.256. The second kappa shape index (κ2) is 6.43. The van der Waals surface area contributed by atoms with Gasteiger partial charge < -0.3 is 14.7 Å². The zero-order chi connectivity index (χ0) is 15.5. The molecule has 0 spiro atoms. The highest BCUT2D eigenvalue weighted by Crippen LogP contribution is 2.29. The minimum absolute atomic E-state index is 0.240. The van der Waals surface area contributed by atoms with Crippen molar-refractivity contribution >= 4 is 6.09 Å². The number of rotatable bonds is 2. The van der Waals surface area contributed by atoms with Crippen LogP contribution in [-0.2, 0) is 4.74 Å². The first-order valence-corrected chi connectivity index (χ1v) is 7.46. The van der Waals surface area contributed by atoms with E-state index in [1.54, 1.807) is 29.4 Å². The van der Waals surface area contributed by atoms with Gasteiger partial charge in [-0.3, -0.25) is 4.98 Å². The number of carbonyl (C=O) groups is 1. The molecule has 1 aromatic heterocycles. The van der Waals surface area contributed by atoms with Crippen LogP contribution >= 0.6 is 0 Å². The molecular weight excluding hydrogens is 268 g/mol. The Balaban J connectivity index is 2.13. The van der Waals surface area contributed by atoms with Crippen molar-refractivity contribution in [3.05, 3.63) is 30.1 Å². The third kappa shape index (κ3) is 4.17. The molecule has 1 aliphatic rings. The molecule has 1 fully saturated rings. The van der Waals surface area contributed by atoms with Gasteiger partial charge in [0.2, 0.25) is 0 Å². The van der Waals surface area contributed by atoms with Gasteiger partial charge in [0, 0.05) is 18.9 Å². The van der Waals surface area contributed by atoms with Gasteiger partial charge in [-0.05, 0) is 57.7 Å². The molecule has 0 aliphatic carbocycles. The number of hydrogen-bond donors (Lipinski definition) is 1. The zero-order valence-corrected chi connectivity index (χ0v) is 13.0. The Morgan fingerprint density at radius 1 is 1.38 bits per heavy atom. The van der Waals surface area contributed by atoms with E-state index in [2.05, 4.69) is 4.98 Å². The number of piperidine rings is 1. The van der Waals surface area contributed by atoms with E-state index in [4.69, 9.17) is 4.74 Å². The standard InChI is InChI=1S/C16H24N2O3/c1-16(2,3)21-15(20)18-11-5-4-6-13(18)14(19)12-7-9-17-10-8-12/h7-10,13-14,19H,4-6,11H2,1-3H3. The van der Waals surface area contributed by atoms with Gasteiger partial charge in [0.05, 0.1) is 12.1 Å². The molecule has 0 aromatic carbocycles. The zero-order valence-electron chi connectivity index (χ0n) is 13.0. The van der Waals surface area contributed by atoms with Gasteiger partial charge >= 0.3 is 6.09 Å². The first kappa shape index (κ1) is 15.8. The predicted molar refractivity (Wildman–Crippen MR) is 79.8 cm³/mol. The smallest absolute Gasteiger partial charge is 0.410 e. The molecule has 1 amide bonds. The van der Waals surface area contributed by atoms with Gasteiger partial charge in [0.15, 0.2) is 0 Å². The molecular formula is C16H24N2O3. The molecule has 1 aliphatic heterocycles. The van der Waals surface area contributed by atoms with Gasteiger partial charge in [-0.2, -0.15) is 0 Å². The molecule has 2 atom stereocenters. The molecule has 5 heteroatoms. The summed E-state index contributed by atoms with van der Waals surface area (Å²) in [6.07, 6.45) is 4.98. The topological polar surface area (TPSA) is 62.7 Å². The van der Waals surface area contributed by atoms with Gasteiger partial charge in [0.1, 0.15) is 5.60 Å². The summed E-state index contributed by atoms with van der Waals surface area (Å²) >= 11 is 0. The largest absolute Gasteiger partial charge is 0.444 e. The molecule has 1 aromatic rings. The van der Waals surface area contributed by atoms with E-state index in [1.165, 1.54) is 0 Å². The number of nitrogens with zero attached hydrogens (tertiary/aromatic N) is 2. The second-order valence-electron chi connectivity index (χ2n) is 6.46. The summed E-state index contributed by atoms with van der Waals surface area (Å²) in [4.78, 5) is 18.0. The molecule has 0 saturated carbocycles. The Kier molecular flexibility index (Phi) is 4.83. The minimum atomic E-state index is -0.708. The number of aliphatic hydroxyl groups excluding tert-OH is 1. The lowest BCUT2D eigenvalue weighted by Gasteiger charge is -2.39. The molecule has 2 rings (SSSR count). The van der Waals surface area contributed by atoms with Crippen molar-refractivity contribution in [1.29, 1.82) is 0 Å². The average molecular weight is 292 g/mol. The quantitative estimate of drug-likeness (QED) is 0.910. The van der Waals surface area contributed by atoms with Crippen LogP contribution in [0.15, 0.2) is 24.5 Å². The molecule has 5 nitrogen and oxygen atoms in total. The van der Waals surface area contributed by atoms with Gasteiger partial charge in [0.25, 0.3) is 0 Å². The summed E-state index contributed by atoms with van der Waals surface area (Å²) in [6.45, 7) is 6.18. The van der Waals surface area contributed by atoms with Gasteiger partial charge in [-0.1, -0.05) is 0 Å². The fourth-order valence-corrected chi connectivity index (χ4v) is 2.62. The highest BCUT2D eigenvalue weighted by molar-refractivity contribution is 5.68. The van der Waals surface area contributed by atoms with Crippen LogP contribution in [0, 0.1) is 0 Å². The molecule has 2 heterocycles. The maximum Gasteiger partial charge on any atom is 0.410 e. The second-order valence-corrected chi connectivity index (χ2v) is 6.46. The Morgan fingerprint density at radius 3 is 2.67 bits per heavy atom. The number of ether oxygens (including phenoxy) is 1. The first-order valence-electron chi connectivity index (χ1n) is 7.46. The molecule has 21 heavy (non-hydrogen) atoms. The molecule has 0 bridgehead atoms. The molecule has 1 saturated heterocycles. The Hall–Kier alpha value is -1.62. The fraction of sp³-hybridized carbons (Fsp3) is 0.625.